The molecular weight excluding hydrogens is 272 g/mol. The van der Waals surface area contributed by atoms with E-state index in [-0.39, 0.29) is 6.04 Å². The van der Waals surface area contributed by atoms with E-state index < -0.39 is 0 Å². The summed E-state index contributed by atoms with van der Waals surface area (Å²) in [6.07, 6.45) is 1.71. The molecule has 0 saturated heterocycles. The van der Waals surface area contributed by atoms with Gasteiger partial charge in [-0.05, 0) is 36.6 Å². The number of hydrazine groups is 1. The van der Waals surface area contributed by atoms with E-state index in [4.69, 9.17) is 17.4 Å². The number of aromatic nitrogens is 2. The molecule has 0 aliphatic carbocycles. The number of nitrogens with one attached hydrogen (secondary N) is 1. The summed E-state index contributed by atoms with van der Waals surface area (Å²) in [5.41, 5.74) is 7.27. The Hall–Kier alpha value is -1.36. The predicted octanol–water partition coefficient (Wildman–Crippen LogP) is 2.69. The maximum atomic E-state index is 6.19. The van der Waals surface area contributed by atoms with Crippen LogP contribution in [0.5, 0.6) is 0 Å². The first kappa shape index (κ1) is 15.0. The van der Waals surface area contributed by atoms with Crippen molar-refractivity contribution in [3.63, 3.8) is 0 Å². The first-order valence-electron chi connectivity index (χ1n) is 6.79. The van der Waals surface area contributed by atoms with Crippen molar-refractivity contribution in [2.45, 2.75) is 32.7 Å². The topological polar surface area (TPSA) is 55.9 Å². The molecule has 1 aromatic heterocycles. The van der Waals surface area contributed by atoms with Crippen LogP contribution in [0.25, 0.3) is 0 Å². The van der Waals surface area contributed by atoms with E-state index in [9.17, 15) is 0 Å². The summed E-state index contributed by atoms with van der Waals surface area (Å²) in [6, 6.07) is 8.19. The average molecular weight is 293 g/mol. The number of rotatable bonds is 5. The molecule has 0 fully saturated rings. The zero-order valence-electron chi connectivity index (χ0n) is 12.2. The smallest absolute Gasteiger partial charge is 0.0624 e. The van der Waals surface area contributed by atoms with Gasteiger partial charge in [0.25, 0.3) is 0 Å². The highest BCUT2D eigenvalue weighted by atomic mass is 35.5. The Labute approximate surface area is 124 Å². The van der Waals surface area contributed by atoms with Crippen molar-refractivity contribution in [3.8, 4) is 0 Å². The summed E-state index contributed by atoms with van der Waals surface area (Å²) < 4.78 is 1.92. The van der Waals surface area contributed by atoms with Crippen LogP contribution >= 0.6 is 11.6 Å². The van der Waals surface area contributed by atoms with Crippen LogP contribution in [0, 0.1) is 6.92 Å². The summed E-state index contributed by atoms with van der Waals surface area (Å²) in [7, 11) is 1.96. The van der Waals surface area contributed by atoms with Gasteiger partial charge in [-0.3, -0.25) is 16.0 Å². The molecule has 2 aromatic rings. The van der Waals surface area contributed by atoms with Gasteiger partial charge in [0.2, 0.25) is 0 Å². The molecule has 0 aliphatic heterocycles. The fourth-order valence-electron chi connectivity index (χ4n) is 2.24. The van der Waals surface area contributed by atoms with E-state index in [2.05, 4.69) is 29.6 Å². The molecule has 108 valence electrons. The lowest BCUT2D eigenvalue weighted by atomic mass is 10.0. The molecule has 1 unspecified atom stereocenters. The van der Waals surface area contributed by atoms with Gasteiger partial charge in [-0.2, -0.15) is 5.10 Å². The van der Waals surface area contributed by atoms with Crippen LogP contribution in [-0.2, 0) is 19.9 Å². The molecule has 3 N–H and O–H groups in total. The summed E-state index contributed by atoms with van der Waals surface area (Å²) in [4.78, 5) is 0. The number of nitrogens with zero attached hydrogens (tertiary/aromatic N) is 2. The molecule has 0 amide bonds. The van der Waals surface area contributed by atoms with E-state index in [0.717, 1.165) is 40.4 Å². The van der Waals surface area contributed by atoms with Crippen LogP contribution < -0.4 is 11.3 Å². The molecule has 0 spiro atoms. The van der Waals surface area contributed by atoms with Gasteiger partial charge in [0.1, 0.15) is 0 Å². The van der Waals surface area contributed by atoms with E-state index in [1.54, 1.807) is 0 Å². The Kier molecular flexibility index (Phi) is 4.81. The minimum Gasteiger partial charge on any atom is -0.272 e. The Balaban J connectivity index is 2.23. The lowest BCUT2D eigenvalue weighted by Crippen LogP contribution is -2.30. The lowest BCUT2D eigenvalue weighted by molar-refractivity contribution is 0.530. The van der Waals surface area contributed by atoms with Crippen LogP contribution in [0.4, 0.5) is 0 Å². The Bertz CT molecular complexity index is 592. The zero-order chi connectivity index (χ0) is 14.7. The van der Waals surface area contributed by atoms with Crippen molar-refractivity contribution >= 4 is 11.6 Å². The summed E-state index contributed by atoms with van der Waals surface area (Å²) >= 11 is 6.19. The molecule has 0 radical (unpaired) electrons. The fraction of sp³-hybridized carbons (Fsp3) is 0.400. The molecule has 4 nitrogen and oxygen atoms in total. The molecular formula is C15H21ClN4. The molecule has 1 heterocycles. The third kappa shape index (κ3) is 3.20. The second-order valence-corrected chi connectivity index (χ2v) is 5.44. The van der Waals surface area contributed by atoms with E-state index in [1.165, 1.54) is 0 Å². The molecule has 0 aliphatic rings. The third-order valence-corrected chi connectivity index (χ3v) is 4.01. The van der Waals surface area contributed by atoms with Crippen LogP contribution in [-0.4, -0.2) is 9.78 Å². The van der Waals surface area contributed by atoms with Crippen molar-refractivity contribution in [1.29, 1.82) is 0 Å². The second kappa shape index (κ2) is 6.39. The summed E-state index contributed by atoms with van der Waals surface area (Å²) in [6.45, 7) is 4.09. The van der Waals surface area contributed by atoms with Crippen LogP contribution in [0.15, 0.2) is 24.3 Å². The highest BCUT2D eigenvalue weighted by Crippen LogP contribution is 2.23. The average Bonchev–Trinajstić information content (AvgIpc) is 2.80. The maximum Gasteiger partial charge on any atom is 0.0624 e. The maximum absolute atomic E-state index is 6.19. The van der Waals surface area contributed by atoms with Gasteiger partial charge in [0.15, 0.2) is 0 Å². The standard InChI is InChI=1S/C15H21ClN4/c1-4-12-8-13(20(3)19-12)9-15(18-17)11-6-5-10(2)14(16)7-11/h5-8,15,18H,4,9,17H2,1-3H3. The molecule has 1 atom stereocenters. The molecule has 20 heavy (non-hydrogen) atoms. The van der Waals surface area contributed by atoms with Gasteiger partial charge in [-0.1, -0.05) is 30.7 Å². The Morgan fingerprint density at radius 1 is 1.40 bits per heavy atom. The molecule has 2 rings (SSSR count). The van der Waals surface area contributed by atoms with Gasteiger partial charge in [-0.15, -0.1) is 0 Å². The first-order valence-corrected chi connectivity index (χ1v) is 7.17. The molecule has 5 heteroatoms. The molecule has 0 bridgehead atoms. The van der Waals surface area contributed by atoms with Crippen LogP contribution in [0.1, 0.15) is 35.5 Å². The minimum absolute atomic E-state index is 0.0215. The monoisotopic (exact) mass is 292 g/mol. The predicted molar refractivity (Wildman–Crippen MR) is 82.5 cm³/mol. The normalized spacial score (nSPS) is 12.7. The quantitative estimate of drug-likeness (QED) is 0.658. The van der Waals surface area contributed by atoms with Gasteiger partial charge >= 0.3 is 0 Å². The van der Waals surface area contributed by atoms with E-state index >= 15 is 0 Å². The van der Waals surface area contributed by atoms with Gasteiger partial charge < -0.3 is 0 Å². The number of benzene rings is 1. The van der Waals surface area contributed by atoms with Crippen molar-refractivity contribution in [3.05, 3.63) is 51.8 Å². The van der Waals surface area contributed by atoms with Crippen molar-refractivity contribution in [2.75, 3.05) is 0 Å². The van der Waals surface area contributed by atoms with Crippen LogP contribution in [0.3, 0.4) is 0 Å². The van der Waals surface area contributed by atoms with Crippen LogP contribution in [0.2, 0.25) is 5.02 Å². The van der Waals surface area contributed by atoms with Gasteiger partial charge in [-0.25, -0.2) is 0 Å². The second-order valence-electron chi connectivity index (χ2n) is 5.04. The number of aryl methyl sites for hydroxylation is 3. The lowest BCUT2D eigenvalue weighted by Gasteiger charge is -2.17. The zero-order valence-corrected chi connectivity index (χ0v) is 12.9. The highest BCUT2D eigenvalue weighted by molar-refractivity contribution is 6.31. The van der Waals surface area contributed by atoms with Gasteiger partial charge in [0.05, 0.1) is 11.7 Å². The van der Waals surface area contributed by atoms with Crippen molar-refractivity contribution in [1.82, 2.24) is 15.2 Å². The first-order chi connectivity index (χ1) is 9.55. The largest absolute Gasteiger partial charge is 0.272 e. The highest BCUT2D eigenvalue weighted by Gasteiger charge is 2.14. The Morgan fingerprint density at radius 2 is 2.15 bits per heavy atom. The van der Waals surface area contributed by atoms with Crippen molar-refractivity contribution < 1.29 is 0 Å². The minimum atomic E-state index is 0.0215. The number of halogens is 1. The number of nitrogens with two attached hydrogens (primary N) is 1. The van der Waals surface area contributed by atoms with E-state index in [0.29, 0.717) is 0 Å². The van der Waals surface area contributed by atoms with Gasteiger partial charge in [0, 0.05) is 24.2 Å². The van der Waals surface area contributed by atoms with E-state index in [1.807, 2.05) is 30.8 Å². The summed E-state index contributed by atoms with van der Waals surface area (Å²) in [5.74, 6) is 5.71. The number of hydrogen-bond acceptors (Lipinski definition) is 3. The fourth-order valence-corrected chi connectivity index (χ4v) is 2.43. The molecule has 1 aromatic carbocycles. The Morgan fingerprint density at radius 3 is 2.70 bits per heavy atom. The third-order valence-electron chi connectivity index (χ3n) is 3.60. The SMILES string of the molecule is CCc1cc(CC(NN)c2ccc(C)c(Cl)c2)n(C)n1. The summed E-state index contributed by atoms with van der Waals surface area (Å²) in [5, 5.41) is 5.23. The number of hydrogen-bond donors (Lipinski definition) is 2. The van der Waals surface area contributed by atoms with Crippen molar-refractivity contribution in [2.24, 2.45) is 12.9 Å². The molecule has 0 saturated carbocycles.